The molecule has 2 aromatic rings. The highest BCUT2D eigenvalue weighted by Gasteiger charge is 2.38. The highest BCUT2D eigenvalue weighted by atomic mass is 16.5. The topological polar surface area (TPSA) is 92.8 Å². The van der Waals surface area contributed by atoms with Crippen LogP contribution < -0.4 is 5.32 Å². The molecule has 30 heavy (non-hydrogen) atoms. The fourth-order valence-corrected chi connectivity index (χ4v) is 3.24. The van der Waals surface area contributed by atoms with E-state index in [2.05, 4.69) is 5.32 Å². The molecule has 1 aliphatic heterocycles. The normalized spacial score (nSPS) is 13.8. The SMILES string of the molecule is CC[C@@H](C)N1C(=O)c2ccc(C(=O)OCC(=O)Nc3cc(C)ccc3C)cc2C1=O. The van der Waals surface area contributed by atoms with Gasteiger partial charge in [0.15, 0.2) is 6.61 Å². The number of hydrogen-bond acceptors (Lipinski definition) is 5. The van der Waals surface area contributed by atoms with Crippen molar-refractivity contribution in [2.45, 2.75) is 40.2 Å². The van der Waals surface area contributed by atoms with Gasteiger partial charge in [-0.25, -0.2) is 4.79 Å². The molecule has 0 bridgehead atoms. The quantitative estimate of drug-likeness (QED) is 0.583. The number of amides is 3. The third-order valence-corrected chi connectivity index (χ3v) is 5.19. The van der Waals surface area contributed by atoms with E-state index in [1.54, 1.807) is 6.92 Å². The molecule has 2 aromatic carbocycles. The van der Waals surface area contributed by atoms with E-state index in [1.807, 2.05) is 39.0 Å². The molecule has 0 radical (unpaired) electrons. The maximum absolute atomic E-state index is 12.6. The lowest BCUT2D eigenvalue weighted by molar-refractivity contribution is -0.119. The summed E-state index contributed by atoms with van der Waals surface area (Å²) in [5, 5.41) is 2.72. The Morgan fingerprint density at radius 3 is 2.43 bits per heavy atom. The molecule has 0 unspecified atom stereocenters. The van der Waals surface area contributed by atoms with Gasteiger partial charge in [0.1, 0.15) is 0 Å². The molecule has 1 atom stereocenters. The molecule has 0 saturated carbocycles. The first-order chi connectivity index (χ1) is 14.2. The van der Waals surface area contributed by atoms with Gasteiger partial charge in [0.25, 0.3) is 17.7 Å². The third-order valence-electron chi connectivity index (χ3n) is 5.19. The number of ether oxygens (including phenoxy) is 1. The summed E-state index contributed by atoms with van der Waals surface area (Å²) in [6.45, 7) is 7.00. The molecule has 7 nitrogen and oxygen atoms in total. The van der Waals surface area contributed by atoms with Crippen molar-refractivity contribution in [2.75, 3.05) is 11.9 Å². The van der Waals surface area contributed by atoms with Crippen LogP contribution >= 0.6 is 0 Å². The van der Waals surface area contributed by atoms with E-state index in [4.69, 9.17) is 4.74 Å². The zero-order chi connectivity index (χ0) is 22.0. The summed E-state index contributed by atoms with van der Waals surface area (Å²) in [7, 11) is 0. The summed E-state index contributed by atoms with van der Waals surface area (Å²) in [6.07, 6.45) is 0.635. The Morgan fingerprint density at radius 1 is 1.03 bits per heavy atom. The summed E-state index contributed by atoms with van der Waals surface area (Å²) < 4.78 is 5.09. The molecule has 0 spiro atoms. The number of aryl methyl sites for hydroxylation is 2. The molecule has 3 rings (SSSR count). The van der Waals surface area contributed by atoms with Gasteiger partial charge in [-0.3, -0.25) is 19.3 Å². The van der Waals surface area contributed by atoms with Crippen LogP contribution in [0.5, 0.6) is 0 Å². The van der Waals surface area contributed by atoms with Crippen molar-refractivity contribution in [2.24, 2.45) is 0 Å². The molecule has 0 saturated heterocycles. The Morgan fingerprint density at radius 2 is 1.73 bits per heavy atom. The molecule has 0 aliphatic carbocycles. The predicted octanol–water partition coefficient (Wildman–Crippen LogP) is 3.49. The zero-order valence-corrected chi connectivity index (χ0v) is 17.4. The van der Waals surface area contributed by atoms with E-state index in [0.717, 1.165) is 11.1 Å². The lowest BCUT2D eigenvalue weighted by Gasteiger charge is -2.20. The van der Waals surface area contributed by atoms with E-state index < -0.39 is 24.4 Å². The lowest BCUT2D eigenvalue weighted by atomic mass is 10.1. The van der Waals surface area contributed by atoms with Crippen molar-refractivity contribution in [1.82, 2.24) is 4.90 Å². The third kappa shape index (κ3) is 4.10. The van der Waals surface area contributed by atoms with Gasteiger partial charge in [0, 0.05) is 11.7 Å². The molecule has 1 aliphatic rings. The minimum atomic E-state index is -0.740. The number of esters is 1. The smallest absolute Gasteiger partial charge is 0.338 e. The molecule has 0 aromatic heterocycles. The van der Waals surface area contributed by atoms with E-state index in [0.29, 0.717) is 12.1 Å². The molecule has 1 N–H and O–H groups in total. The first-order valence-corrected chi connectivity index (χ1v) is 9.79. The number of benzene rings is 2. The average molecular weight is 408 g/mol. The van der Waals surface area contributed by atoms with Gasteiger partial charge in [-0.2, -0.15) is 0 Å². The average Bonchev–Trinajstić information content (AvgIpc) is 2.98. The highest BCUT2D eigenvalue weighted by molar-refractivity contribution is 6.22. The first kappa shape index (κ1) is 21.2. The number of carbonyl (C=O) groups is 4. The fraction of sp³-hybridized carbons (Fsp3) is 0.304. The van der Waals surface area contributed by atoms with E-state index in [-0.39, 0.29) is 28.6 Å². The van der Waals surface area contributed by atoms with E-state index >= 15 is 0 Å². The molecular weight excluding hydrogens is 384 g/mol. The van der Waals surface area contributed by atoms with Gasteiger partial charge in [-0.15, -0.1) is 0 Å². The van der Waals surface area contributed by atoms with Crippen LogP contribution in [0.4, 0.5) is 5.69 Å². The van der Waals surface area contributed by atoms with Gasteiger partial charge >= 0.3 is 5.97 Å². The second kappa shape index (κ2) is 8.49. The van der Waals surface area contributed by atoms with Crippen molar-refractivity contribution in [3.05, 3.63) is 64.2 Å². The second-order valence-corrected chi connectivity index (χ2v) is 7.44. The number of anilines is 1. The van der Waals surface area contributed by atoms with Crippen molar-refractivity contribution in [3.63, 3.8) is 0 Å². The summed E-state index contributed by atoms with van der Waals surface area (Å²) in [6, 6.07) is 9.65. The van der Waals surface area contributed by atoms with Gasteiger partial charge in [-0.1, -0.05) is 19.1 Å². The number of imide groups is 1. The zero-order valence-electron chi connectivity index (χ0n) is 17.4. The van der Waals surface area contributed by atoms with Gasteiger partial charge in [0.05, 0.1) is 16.7 Å². The minimum Gasteiger partial charge on any atom is -0.452 e. The number of nitrogens with one attached hydrogen (secondary N) is 1. The Hall–Kier alpha value is -3.48. The number of nitrogens with zero attached hydrogens (tertiary/aromatic N) is 1. The summed E-state index contributed by atoms with van der Waals surface area (Å²) in [5.74, 6) is -1.99. The number of fused-ring (bicyclic) bond motifs is 1. The predicted molar refractivity (Wildman–Crippen MR) is 112 cm³/mol. The first-order valence-electron chi connectivity index (χ1n) is 9.79. The van der Waals surface area contributed by atoms with Crippen molar-refractivity contribution in [1.29, 1.82) is 0 Å². The van der Waals surface area contributed by atoms with Crippen LogP contribution in [-0.4, -0.2) is 41.2 Å². The molecule has 156 valence electrons. The van der Waals surface area contributed by atoms with Crippen LogP contribution in [0, 0.1) is 13.8 Å². The Balaban J connectivity index is 1.67. The number of hydrogen-bond donors (Lipinski definition) is 1. The largest absolute Gasteiger partial charge is 0.452 e. The van der Waals surface area contributed by atoms with Gasteiger partial charge in [0.2, 0.25) is 0 Å². The van der Waals surface area contributed by atoms with Crippen LogP contribution in [0.1, 0.15) is 62.5 Å². The highest BCUT2D eigenvalue weighted by Crippen LogP contribution is 2.27. The standard InChI is InChI=1S/C23H24N2O5/c1-5-15(4)25-21(27)17-9-8-16(11-18(17)22(25)28)23(29)30-12-20(26)24-19-10-13(2)6-7-14(19)3/h6-11,15H,5,12H2,1-4H3,(H,24,26)/t15-/m1/s1. The van der Waals surface area contributed by atoms with Crippen LogP contribution in [0.2, 0.25) is 0 Å². The van der Waals surface area contributed by atoms with Gasteiger partial charge < -0.3 is 10.1 Å². The summed E-state index contributed by atoms with van der Waals surface area (Å²) >= 11 is 0. The number of rotatable bonds is 6. The van der Waals surface area contributed by atoms with Crippen LogP contribution in [0.25, 0.3) is 0 Å². The minimum absolute atomic E-state index is 0.112. The summed E-state index contributed by atoms with van der Waals surface area (Å²) in [5.41, 5.74) is 3.10. The number of carbonyl (C=O) groups excluding carboxylic acids is 4. The van der Waals surface area contributed by atoms with Crippen LogP contribution in [0.3, 0.4) is 0 Å². The van der Waals surface area contributed by atoms with Crippen LogP contribution in [0.15, 0.2) is 36.4 Å². The van der Waals surface area contributed by atoms with Crippen molar-refractivity contribution in [3.8, 4) is 0 Å². The Bertz CT molecular complexity index is 1040. The lowest BCUT2D eigenvalue weighted by Crippen LogP contribution is -2.37. The molecule has 7 heteroatoms. The Kier molecular flexibility index (Phi) is 6.01. The monoisotopic (exact) mass is 408 g/mol. The van der Waals surface area contributed by atoms with Gasteiger partial charge in [-0.05, 0) is 62.6 Å². The van der Waals surface area contributed by atoms with E-state index in [1.165, 1.54) is 23.1 Å². The molecule has 1 heterocycles. The maximum Gasteiger partial charge on any atom is 0.338 e. The summed E-state index contributed by atoms with van der Waals surface area (Å²) in [4.78, 5) is 50.8. The molecule has 0 fully saturated rings. The maximum atomic E-state index is 12.6. The second-order valence-electron chi connectivity index (χ2n) is 7.44. The molecule has 3 amide bonds. The fourth-order valence-electron chi connectivity index (χ4n) is 3.24. The van der Waals surface area contributed by atoms with Crippen molar-refractivity contribution < 1.29 is 23.9 Å². The van der Waals surface area contributed by atoms with Crippen LogP contribution in [-0.2, 0) is 9.53 Å². The van der Waals surface area contributed by atoms with E-state index in [9.17, 15) is 19.2 Å². The van der Waals surface area contributed by atoms with Crippen molar-refractivity contribution >= 4 is 29.4 Å². The molecular formula is C23H24N2O5. The Labute approximate surface area is 175 Å².